The molecule has 0 saturated heterocycles. The van der Waals surface area contributed by atoms with Crippen molar-refractivity contribution in [2.45, 2.75) is 0 Å². The first-order valence-corrected chi connectivity index (χ1v) is 5.03. The molecule has 3 nitrogen and oxygen atoms in total. The minimum Gasteiger partial charge on any atom is -0.350 e. The van der Waals surface area contributed by atoms with Crippen LogP contribution in [0.2, 0.25) is 5.02 Å². The zero-order valence-electron chi connectivity index (χ0n) is 8.24. The standard InChI is InChI=1S/C12H8ClNO2/c13-9-3-1-8(2-4-9)12(16)11-6-5-10(7-15)14-11/h1-7,14H. The van der Waals surface area contributed by atoms with E-state index < -0.39 is 0 Å². The van der Waals surface area contributed by atoms with Crippen LogP contribution in [0.3, 0.4) is 0 Å². The fourth-order valence-corrected chi connectivity index (χ4v) is 1.50. The molecular formula is C12H8ClNO2. The number of benzene rings is 1. The van der Waals surface area contributed by atoms with Gasteiger partial charge in [0.15, 0.2) is 6.29 Å². The van der Waals surface area contributed by atoms with E-state index in [0.717, 1.165) is 0 Å². The van der Waals surface area contributed by atoms with Gasteiger partial charge >= 0.3 is 0 Å². The second-order valence-electron chi connectivity index (χ2n) is 3.28. The van der Waals surface area contributed by atoms with Crippen LogP contribution in [0.25, 0.3) is 0 Å². The summed E-state index contributed by atoms with van der Waals surface area (Å²) in [5.74, 6) is -0.162. The molecule has 0 unspecified atom stereocenters. The molecule has 16 heavy (non-hydrogen) atoms. The van der Waals surface area contributed by atoms with Gasteiger partial charge in [0.05, 0.1) is 11.4 Å². The van der Waals surface area contributed by atoms with Gasteiger partial charge < -0.3 is 4.98 Å². The summed E-state index contributed by atoms with van der Waals surface area (Å²) in [6, 6.07) is 9.74. The first-order chi connectivity index (χ1) is 7.70. The summed E-state index contributed by atoms with van der Waals surface area (Å²) in [4.78, 5) is 25.1. The number of aromatic amines is 1. The van der Waals surface area contributed by atoms with Crippen LogP contribution in [0.5, 0.6) is 0 Å². The lowest BCUT2D eigenvalue weighted by Crippen LogP contribution is -2.01. The van der Waals surface area contributed by atoms with E-state index in [1.807, 2.05) is 0 Å². The van der Waals surface area contributed by atoms with Gasteiger partial charge in [-0.15, -0.1) is 0 Å². The van der Waals surface area contributed by atoms with Crippen molar-refractivity contribution in [2.24, 2.45) is 0 Å². The lowest BCUT2D eigenvalue weighted by Gasteiger charge is -1.98. The van der Waals surface area contributed by atoms with E-state index in [1.54, 1.807) is 36.4 Å². The SMILES string of the molecule is O=Cc1ccc(C(=O)c2ccc(Cl)cc2)[nH]1. The zero-order chi connectivity index (χ0) is 11.5. The number of halogens is 1. The number of hydrogen-bond donors (Lipinski definition) is 1. The third kappa shape index (κ3) is 2.04. The number of aldehydes is 1. The third-order valence-corrected chi connectivity index (χ3v) is 2.44. The maximum Gasteiger partial charge on any atom is 0.209 e. The van der Waals surface area contributed by atoms with Crippen LogP contribution < -0.4 is 0 Å². The van der Waals surface area contributed by atoms with Crippen molar-refractivity contribution >= 4 is 23.7 Å². The Bertz CT molecular complexity index is 528. The van der Waals surface area contributed by atoms with Crippen molar-refractivity contribution < 1.29 is 9.59 Å². The molecule has 0 aliphatic carbocycles. The number of hydrogen-bond acceptors (Lipinski definition) is 2. The molecule has 0 aliphatic rings. The molecule has 1 heterocycles. The lowest BCUT2D eigenvalue weighted by atomic mass is 10.1. The molecule has 1 aromatic carbocycles. The average Bonchev–Trinajstić information content (AvgIpc) is 2.77. The summed E-state index contributed by atoms with van der Waals surface area (Å²) in [6.07, 6.45) is 0.665. The van der Waals surface area contributed by atoms with Crippen molar-refractivity contribution in [2.75, 3.05) is 0 Å². The van der Waals surface area contributed by atoms with Crippen LogP contribution in [-0.2, 0) is 0 Å². The Hall–Kier alpha value is -1.87. The first kappa shape index (κ1) is 10.6. The normalized spacial score (nSPS) is 10.1. The van der Waals surface area contributed by atoms with E-state index in [2.05, 4.69) is 4.98 Å². The van der Waals surface area contributed by atoms with E-state index in [-0.39, 0.29) is 5.78 Å². The fourth-order valence-electron chi connectivity index (χ4n) is 1.37. The lowest BCUT2D eigenvalue weighted by molar-refractivity contribution is 0.103. The molecule has 1 N–H and O–H groups in total. The van der Waals surface area contributed by atoms with Crippen LogP contribution in [-0.4, -0.2) is 17.1 Å². The largest absolute Gasteiger partial charge is 0.350 e. The number of H-pyrrole nitrogens is 1. The summed E-state index contributed by atoms with van der Waals surface area (Å²) in [5.41, 5.74) is 1.31. The molecule has 0 bridgehead atoms. The van der Waals surface area contributed by atoms with Gasteiger partial charge in [0.1, 0.15) is 0 Å². The molecule has 2 aromatic rings. The summed E-state index contributed by atoms with van der Waals surface area (Å²) >= 11 is 5.72. The Labute approximate surface area is 97.1 Å². The smallest absolute Gasteiger partial charge is 0.209 e. The second-order valence-corrected chi connectivity index (χ2v) is 3.72. The van der Waals surface area contributed by atoms with Crippen molar-refractivity contribution in [1.82, 2.24) is 4.98 Å². The molecule has 2 rings (SSSR count). The topological polar surface area (TPSA) is 49.9 Å². The molecule has 4 heteroatoms. The van der Waals surface area contributed by atoms with Gasteiger partial charge in [-0.1, -0.05) is 11.6 Å². The number of carbonyl (C=O) groups excluding carboxylic acids is 2. The van der Waals surface area contributed by atoms with Gasteiger partial charge in [-0.25, -0.2) is 0 Å². The predicted octanol–water partition coefficient (Wildman–Crippen LogP) is 2.71. The maximum absolute atomic E-state index is 11.9. The van der Waals surface area contributed by atoms with E-state index in [1.165, 1.54) is 0 Å². The number of ketones is 1. The first-order valence-electron chi connectivity index (χ1n) is 4.65. The molecular weight excluding hydrogens is 226 g/mol. The average molecular weight is 234 g/mol. The van der Waals surface area contributed by atoms with Crippen LogP contribution in [0, 0.1) is 0 Å². The van der Waals surface area contributed by atoms with Crippen LogP contribution in [0.4, 0.5) is 0 Å². The highest BCUT2D eigenvalue weighted by Gasteiger charge is 2.10. The van der Waals surface area contributed by atoms with Crippen LogP contribution in [0.15, 0.2) is 36.4 Å². The predicted molar refractivity (Wildman–Crippen MR) is 61.1 cm³/mol. The highest BCUT2D eigenvalue weighted by Crippen LogP contribution is 2.13. The van der Waals surface area contributed by atoms with Crippen molar-refractivity contribution in [1.29, 1.82) is 0 Å². The van der Waals surface area contributed by atoms with Gasteiger partial charge in [-0.3, -0.25) is 9.59 Å². The van der Waals surface area contributed by atoms with Crippen molar-refractivity contribution in [3.05, 3.63) is 58.4 Å². The van der Waals surface area contributed by atoms with Gasteiger partial charge in [-0.05, 0) is 36.4 Å². The molecule has 0 amide bonds. The fraction of sp³-hybridized carbons (Fsp3) is 0. The van der Waals surface area contributed by atoms with E-state index in [9.17, 15) is 9.59 Å². The Morgan fingerprint density at radius 1 is 1.12 bits per heavy atom. The molecule has 1 aromatic heterocycles. The highest BCUT2D eigenvalue weighted by molar-refractivity contribution is 6.30. The van der Waals surface area contributed by atoms with Gasteiger partial charge in [0.2, 0.25) is 5.78 Å². The minimum absolute atomic E-state index is 0.162. The Morgan fingerprint density at radius 3 is 2.38 bits per heavy atom. The number of aromatic nitrogens is 1. The van der Waals surface area contributed by atoms with Crippen molar-refractivity contribution in [3.8, 4) is 0 Å². The van der Waals surface area contributed by atoms with E-state index in [4.69, 9.17) is 11.6 Å². The second kappa shape index (κ2) is 4.33. The minimum atomic E-state index is -0.162. The Morgan fingerprint density at radius 2 is 1.81 bits per heavy atom. The summed E-state index contributed by atoms with van der Waals surface area (Å²) in [6.45, 7) is 0. The molecule has 0 spiro atoms. The Kier molecular flexibility index (Phi) is 2.88. The van der Waals surface area contributed by atoms with Gasteiger partial charge in [0, 0.05) is 10.6 Å². The van der Waals surface area contributed by atoms with E-state index >= 15 is 0 Å². The van der Waals surface area contributed by atoms with Gasteiger partial charge in [0.25, 0.3) is 0 Å². The quantitative estimate of drug-likeness (QED) is 0.655. The zero-order valence-corrected chi connectivity index (χ0v) is 8.99. The molecule has 0 aliphatic heterocycles. The van der Waals surface area contributed by atoms with Crippen LogP contribution in [0.1, 0.15) is 26.5 Å². The molecule has 80 valence electrons. The number of rotatable bonds is 3. The summed E-state index contributed by atoms with van der Waals surface area (Å²) < 4.78 is 0. The summed E-state index contributed by atoms with van der Waals surface area (Å²) in [5, 5.41) is 0.580. The van der Waals surface area contributed by atoms with Crippen molar-refractivity contribution in [3.63, 3.8) is 0 Å². The molecule has 0 fully saturated rings. The highest BCUT2D eigenvalue weighted by atomic mass is 35.5. The van der Waals surface area contributed by atoms with Crippen LogP contribution >= 0.6 is 11.6 Å². The monoisotopic (exact) mass is 233 g/mol. The Balaban J connectivity index is 2.31. The number of carbonyl (C=O) groups is 2. The molecule has 0 atom stereocenters. The summed E-state index contributed by atoms with van der Waals surface area (Å²) in [7, 11) is 0. The molecule has 0 radical (unpaired) electrons. The molecule has 0 saturated carbocycles. The van der Waals surface area contributed by atoms with Gasteiger partial charge in [-0.2, -0.15) is 0 Å². The maximum atomic E-state index is 11.9. The third-order valence-electron chi connectivity index (χ3n) is 2.19. The van der Waals surface area contributed by atoms with E-state index in [0.29, 0.717) is 28.3 Å². The number of nitrogens with one attached hydrogen (secondary N) is 1.